The van der Waals surface area contributed by atoms with Gasteiger partial charge >= 0.3 is 0 Å². The molecule has 0 bridgehead atoms. The number of benzene rings is 1. The first-order chi connectivity index (χ1) is 13.8. The van der Waals surface area contributed by atoms with Crippen molar-refractivity contribution in [3.8, 4) is 0 Å². The third kappa shape index (κ3) is 3.65. The summed E-state index contributed by atoms with van der Waals surface area (Å²) in [6.07, 6.45) is 7.35. The minimum atomic E-state index is -1.35. The second-order valence-corrected chi connectivity index (χ2v) is 10.2. The van der Waals surface area contributed by atoms with Gasteiger partial charge in [0.2, 0.25) is 0 Å². The predicted octanol–water partition coefficient (Wildman–Crippen LogP) is 5.41. The molecule has 0 saturated heterocycles. The molecule has 4 rings (SSSR count). The van der Waals surface area contributed by atoms with Crippen molar-refractivity contribution in [1.82, 2.24) is 9.88 Å². The van der Waals surface area contributed by atoms with Gasteiger partial charge in [-0.2, -0.15) is 0 Å². The first-order valence-electron chi connectivity index (χ1n) is 9.54. The zero-order valence-corrected chi connectivity index (χ0v) is 18.7. The van der Waals surface area contributed by atoms with Gasteiger partial charge in [0.05, 0.1) is 16.2 Å². The lowest BCUT2D eigenvalue weighted by Gasteiger charge is -2.40. The van der Waals surface area contributed by atoms with Gasteiger partial charge in [0, 0.05) is 12.1 Å². The molecule has 2 amide bonds. The summed E-state index contributed by atoms with van der Waals surface area (Å²) in [5, 5.41) is 1.13. The Kier molecular flexibility index (Phi) is 5.81. The number of hydrogen-bond donors (Lipinski definition) is 1. The van der Waals surface area contributed by atoms with Gasteiger partial charge in [-0.15, -0.1) is 11.3 Å². The summed E-state index contributed by atoms with van der Waals surface area (Å²) < 4.78 is 0.449. The van der Waals surface area contributed by atoms with Crippen LogP contribution in [0.15, 0.2) is 18.3 Å². The Morgan fingerprint density at radius 3 is 2.52 bits per heavy atom. The largest absolute Gasteiger partial charge is 0.367 e. The number of hydrogen-bond acceptors (Lipinski definition) is 4. The molecule has 9 heteroatoms. The molecule has 1 fully saturated rings. The average molecular weight is 473 g/mol. The Labute approximate surface area is 188 Å². The summed E-state index contributed by atoms with van der Waals surface area (Å²) in [5.74, 6) is -0.602. The van der Waals surface area contributed by atoms with E-state index in [1.807, 2.05) is 0 Å². The SMILES string of the molecule is NC(=O)C(CC1CCCCC1)(c1ncc(Cl)s1)N1Cc2cc(Cl)c(Cl)cc2C1=O. The van der Waals surface area contributed by atoms with Crippen LogP contribution in [0.25, 0.3) is 0 Å². The monoisotopic (exact) mass is 471 g/mol. The number of aromatic nitrogens is 1. The van der Waals surface area contributed by atoms with Gasteiger partial charge in [-0.3, -0.25) is 9.59 Å². The molecule has 29 heavy (non-hydrogen) atoms. The van der Waals surface area contributed by atoms with E-state index >= 15 is 0 Å². The second kappa shape index (κ2) is 8.06. The molecule has 2 N–H and O–H groups in total. The van der Waals surface area contributed by atoms with E-state index in [2.05, 4.69) is 4.98 Å². The van der Waals surface area contributed by atoms with Crippen LogP contribution in [-0.4, -0.2) is 21.7 Å². The molecule has 5 nitrogen and oxygen atoms in total. The summed E-state index contributed by atoms with van der Waals surface area (Å²) in [6.45, 7) is 0.220. The van der Waals surface area contributed by atoms with Crippen LogP contribution in [0.1, 0.15) is 59.5 Å². The molecule has 0 spiro atoms. The number of fused-ring (bicyclic) bond motifs is 1. The number of halogens is 3. The number of nitrogens with two attached hydrogens (primary N) is 1. The third-order valence-corrected chi connectivity index (χ3v) is 7.95. The zero-order valence-electron chi connectivity index (χ0n) is 15.6. The molecule has 1 aromatic heterocycles. The second-order valence-electron chi connectivity index (χ2n) is 7.72. The quantitative estimate of drug-likeness (QED) is 0.632. The van der Waals surface area contributed by atoms with Crippen LogP contribution in [0.5, 0.6) is 0 Å². The van der Waals surface area contributed by atoms with Crippen molar-refractivity contribution in [2.24, 2.45) is 11.7 Å². The molecule has 1 unspecified atom stereocenters. The standard InChI is InChI=1S/C20H20Cl3N3O2S/c21-14-6-12-10-26(17(27)13(12)7-15(14)22)20(18(24)28,19-25-9-16(23)29-19)8-11-4-2-1-3-5-11/h6-7,9,11H,1-5,8,10H2,(H2,24,28). The van der Waals surface area contributed by atoms with Crippen LogP contribution in [0.2, 0.25) is 14.4 Å². The number of amides is 2. The van der Waals surface area contributed by atoms with Crippen molar-refractivity contribution in [1.29, 1.82) is 0 Å². The molecule has 0 radical (unpaired) electrons. The van der Waals surface area contributed by atoms with E-state index in [-0.39, 0.29) is 18.4 Å². The summed E-state index contributed by atoms with van der Waals surface area (Å²) >= 11 is 19.6. The number of rotatable bonds is 5. The zero-order chi connectivity index (χ0) is 20.8. The Hall–Kier alpha value is -1.34. The first-order valence-corrected chi connectivity index (χ1v) is 11.5. The lowest BCUT2D eigenvalue weighted by atomic mass is 9.78. The van der Waals surface area contributed by atoms with Crippen LogP contribution < -0.4 is 5.73 Å². The van der Waals surface area contributed by atoms with Gasteiger partial charge in [0.1, 0.15) is 9.34 Å². The van der Waals surface area contributed by atoms with E-state index in [4.69, 9.17) is 40.5 Å². The van der Waals surface area contributed by atoms with E-state index in [0.29, 0.717) is 31.4 Å². The van der Waals surface area contributed by atoms with Gasteiger partial charge in [-0.05, 0) is 30.0 Å². The van der Waals surface area contributed by atoms with Gasteiger partial charge in [0.25, 0.3) is 11.8 Å². The van der Waals surface area contributed by atoms with Crippen molar-refractivity contribution in [3.05, 3.63) is 48.8 Å². The van der Waals surface area contributed by atoms with E-state index in [0.717, 1.165) is 31.2 Å². The summed E-state index contributed by atoms with van der Waals surface area (Å²) in [7, 11) is 0. The normalized spacial score (nSPS) is 19.3. The maximum atomic E-state index is 13.4. The Balaban J connectivity index is 1.81. The average Bonchev–Trinajstić information content (AvgIpc) is 3.25. The van der Waals surface area contributed by atoms with E-state index in [1.165, 1.54) is 28.9 Å². The molecular formula is C20H20Cl3N3O2S. The number of primary amides is 1. The maximum absolute atomic E-state index is 13.4. The van der Waals surface area contributed by atoms with Crippen molar-refractivity contribution in [3.63, 3.8) is 0 Å². The topological polar surface area (TPSA) is 76.3 Å². The van der Waals surface area contributed by atoms with Gasteiger partial charge < -0.3 is 10.6 Å². The fourth-order valence-electron chi connectivity index (χ4n) is 4.52. The predicted molar refractivity (Wildman–Crippen MR) is 116 cm³/mol. The number of carbonyl (C=O) groups excluding carboxylic acids is 2. The molecule has 1 aromatic carbocycles. The minimum absolute atomic E-state index is 0.220. The fourth-order valence-corrected chi connectivity index (χ4v) is 6.00. The molecule has 2 aromatic rings. The highest BCUT2D eigenvalue weighted by Gasteiger charge is 2.53. The van der Waals surface area contributed by atoms with Gasteiger partial charge in [0.15, 0.2) is 5.54 Å². The fraction of sp³-hybridized carbons (Fsp3) is 0.450. The van der Waals surface area contributed by atoms with E-state index < -0.39 is 11.4 Å². The van der Waals surface area contributed by atoms with Crippen LogP contribution >= 0.6 is 46.1 Å². The lowest BCUT2D eigenvalue weighted by Crippen LogP contribution is -2.56. The van der Waals surface area contributed by atoms with E-state index in [9.17, 15) is 9.59 Å². The number of carbonyl (C=O) groups is 2. The van der Waals surface area contributed by atoms with E-state index in [1.54, 1.807) is 12.1 Å². The van der Waals surface area contributed by atoms with Crippen molar-refractivity contribution < 1.29 is 9.59 Å². The highest BCUT2D eigenvalue weighted by Crippen LogP contribution is 2.46. The van der Waals surface area contributed by atoms with Crippen LogP contribution in [0.4, 0.5) is 0 Å². The lowest BCUT2D eigenvalue weighted by molar-refractivity contribution is -0.131. The Morgan fingerprint density at radius 2 is 1.90 bits per heavy atom. The molecular weight excluding hydrogens is 453 g/mol. The van der Waals surface area contributed by atoms with Crippen molar-refractivity contribution in [2.75, 3.05) is 0 Å². The molecule has 154 valence electrons. The van der Waals surface area contributed by atoms with Crippen molar-refractivity contribution in [2.45, 2.75) is 50.6 Å². The first kappa shape index (κ1) is 20.9. The Morgan fingerprint density at radius 1 is 1.21 bits per heavy atom. The van der Waals surface area contributed by atoms with Crippen LogP contribution in [0.3, 0.4) is 0 Å². The molecule has 2 aliphatic rings. The number of nitrogens with zero attached hydrogens (tertiary/aromatic N) is 2. The molecule has 1 aliphatic heterocycles. The minimum Gasteiger partial charge on any atom is -0.367 e. The smallest absolute Gasteiger partial charge is 0.255 e. The summed E-state index contributed by atoms with van der Waals surface area (Å²) in [4.78, 5) is 32.3. The summed E-state index contributed by atoms with van der Waals surface area (Å²) in [5.41, 5.74) is 5.82. The number of thiazole rings is 1. The van der Waals surface area contributed by atoms with Crippen LogP contribution in [-0.2, 0) is 16.9 Å². The third-order valence-electron chi connectivity index (χ3n) is 5.96. The molecule has 1 atom stereocenters. The summed E-state index contributed by atoms with van der Waals surface area (Å²) in [6, 6.07) is 3.24. The Bertz CT molecular complexity index is 974. The molecule has 2 heterocycles. The van der Waals surface area contributed by atoms with Crippen molar-refractivity contribution >= 4 is 58.0 Å². The van der Waals surface area contributed by atoms with Gasteiger partial charge in [-0.1, -0.05) is 66.9 Å². The maximum Gasteiger partial charge on any atom is 0.255 e. The van der Waals surface area contributed by atoms with Gasteiger partial charge in [-0.25, -0.2) is 4.98 Å². The molecule has 1 saturated carbocycles. The molecule has 1 aliphatic carbocycles. The highest BCUT2D eigenvalue weighted by atomic mass is 35.5. The van der Waals surface area contributed by atoms with Crippen LogP contribution in [0, 0.1) is 5.92 Å². The highest BCUT2D eigenvalue weighted by molar-refractivity contribution is 7.16.